The summed E-state index contributed by atoms with van der Waals surface area (Å²) in [5.74, 6) is -8.78. The van der Waals surface area contributed by atoms with Gasteiger partial charge in [0.1, 0.15) is 59.9 Å². The van der Waals surface area contributed by atoms with Crippen molar-refractivity contribution >= 4 is 82.5 Å². The lowest BCUT2D eigenvalue weighted by Gasteiger charge is -2.45. The van der Waals surface area contributed by atoms with E-state index in [2.05, 4.69) is 28.2 Å². The van der Waals surface area contributed by atoms with Crippen LogP contribution in [0.1, 0.15) is 189 Å². The third-order valence-electron chi connectivity index (χ3n) is 22.1. The van der Waals surface area contributed by atoms with Gasteiger partial charge in [0.15, 0.2) is 0 Å². The number of carbonyl (C=O) groups excluding carboxylic acids is 12. The number of fused-ring (bicyclic) bond motifs is 2. The number of nitrogens with zero attached hydrogens (tertiary/aromatic N) is 8. The second-order valence-corrected chi connectivity index (χ2v) is 30.6. The minimum Gasteiger partial charge on any atom is -0.343 e. The van der Waals surface area contributed by atoms with Crippen molar-refractivity contribution in [2.75, 3.05) is 68.0 Å². The average molecular weight is 1430 g/mol. The minimum absolute atomic E-state index is 0.0224. The first-order valence-electron chi connectivity index (χ1n) is 36.3. The third kappa shape index (κ3) is 19.2. The van der Waals surface area contributed by atoms with E-state index in [1.165, 1.54) is 77.6 Å². The van der Waals surface area contributed by atoms with E-state index in [-0.39, 0.29) is 76.3 Å². The van der Waals surface area contributed by atoms with Crippen LogP contribution >= 0.6 is 11.6 Å². The van der Waals surface area contributed by atoms with Crippen molar-refractivity contribution in [2.45, 2.75) is 250 Å². The molecule has 2 saturated carbocycles. The molecule has 24 nitrogen and oxygen atoms in total. The first kappa shape index (κ1) is 80.3. The Morgan fingerprint density at radius 1 is 0.650 bits per heavy atom. The second kappa shape index (κ2) is 34.7. The van der Waals surface area contributed by atoms with Crippen LogP contribution in [0.3, 0.4) is 0 Å². The van der Waals surface area contributed by atoms with Crippen molar-refractivity contribution in [3.63, 3.8) is 0 Å². The summed E-state index contributed by atoms with van der Waals surface area (Å²) < 4.78 is 41.6. The largest absolute Gasteiger partial charge is 0.417 e. The highest BCUT2D eigenvalue weighted by Gasteiger charge is 2.51. The Morgan fingerprint density at radius 3 is 1.87 bits per heavy atom. The lowest BCUT2D eigenvalue weighted by Crippen LogP contribution is -2.65. The van der Waals surface area contributed by atoms with Crippen LogP contribution in [-0.2, 0) is 70.1 Å². The summed E-state index contributed by atoms with van der Waals surface area (Å²) in [5, 5.41) is 11.0. The number of nitrogens with one attached hydrogen (secondary N) is 4. The van der Waals surface area contributed by atoms with E-state index < -0.39 is 172 Å². The summed E-state index contributed by atoms with van der Waals surface area (Å²) in [4.78, 5) is 190. The molecule has 0 aromatic heterocycles. The molecule has 6 aliphatic rings. The highest BCUT2D eigenvalue weighted by Crippen LogP contribution is 2.37. The first-order valence-corrected chi connectivity index (χ1v) is 36.7. The molecule has 1 aromatic rings. The number of piperidine rings is 1. The Hall–Kier alpha value is -7.06. The van der Waals surface area contributed by atoms with Crippen LogP contribution in [0.5, 0.6) is 0 Å². The Labute approximate surface area is 592 Å². The SMILES string of the molecule is CC[C@H](C)[C@@H]1NC(=O)[C@H](CC(C)C)N(C)C(=O)C[C@@H](C(=O)N2CCC(C)CC2)NC(=O)[C@H](C(C)C)N(C)C(=O)C2(CCCC2)NC(=O)[C@@H]2CCCN2C(=O)[C@H](CCc2ccc(C(F)(F)F)c(Cl)c2)NC(=O)CN(C)C(=O)[C@H](CC2CCCCC2)N(C)C(=O)[C@@H]2CCN2C(=O)[C@H](C)N(C)C1=O. The van der Waals surface area contributed by atoms with Crippen molar-refractivity contribution < 1.29 is 70.7 Å². The number of amides is 12. The molecule has 4 N–H and O–H groups in total. The summed E-state index contributed by atoms with van der Waals surface area (Å²) >= 11 is 6.15. The van der Waals surface area contributed by atoms with Crippen molar-refractivity contribution in [2.24, 2.45) is 29.6 Å². The Kier molecular flexibility index (Phi) is 27.9. The second-order valence-electron chi connectivity index (χ2n) is 30.2. The van der Waals surface area contributed by atoms with Gasteiger partial charge in [-0.2, -0.15) is 13.2 Å². The van der Waals surface area contributed by atoms with E-state index in [1.54, 1.807) is 25.7 Å². The molecule has 28 heteroatoms. The zero-order chi connectivity index (χ0) is 74.0. The number of benzene rings is 1. The van der Waals surface area contributed by atoms with E-state index in [1.807, 2.05) is 20.8 Å². The monoisotopic (exact) mass is 1430 g/mol. The molecule has 6 fully saturated rings. The van der Waals surface area contributed by atoms with Gasteiger partial charge in [0.25, 0.3) is 0 Å². The van der Waals surface area contributed by atoms with Crippen LogP contribution < -0.4 is 21.3 Å². The third-order valence-corrected chi connectivity index (χ3v) is 22.4. The predicted molar refractivity (Wildman–Crippen MR) is 369 cm³/mol. The molecule has 1 aromatic carbocycles. The molecule has 12 amide bonds. The van der Waals surface area contributed by atoms with Gasteiger partial charge in [-0.1, -0.05) is 118 Å². The molecule has 100 heavy (non-hydrogen) atoms. The molecule has 4 heterocycles. The quantitative estimate of drug-likeness (QED) is 0.201. The molecular formula is C72H110ClF3N12O12. The van der Waals surface area contributed by atoms with Crippen molar-refractivity contribution in [1.82, 2.24) is 60.5 Å². The number of hydrogen-bond acceptors (Lipinski definition) is 12. The van der Waals surface area contributed by atoms with Crippen LogP contribution in [0.25, 0.3) is 0 Å². The number of aryl methyl sites for hydroxylation is 1. The maximum atomic E-state index is 15.4. The Bertz CT molecular complexity index is 3150. The molecule has 558 valence electrons. The Balaban J connectivity index is 1.28. The standard InChI is InChI=1S/C72H110ClF3N12O12/c1-14-45(7)59-69(99)82(10)46(8)64(94)88-36-30-54(88)68(98)84(12)56(39-47-21-16-15-17-22-47)67(97)81(9)41-57(89)77-51(27-25-48-24-26-49(50(73)38-48)72(74,75)76)66(96)87-33-20-23-53(87)62(92)80-71(31-18-19-32-71)70(100)85(13)60(43(4)5)63(93)78-52(65(95)86-34-28-44(6)29-35-86)40-58(90)83(11)55(37-42(2)3)61(91)79-59/h24,26,38,42-47,51-56,59-60H,14-23,25,27-37,39-41H2,1-13H3,(H,77,89)(H,78,93)(H,79,91)(H,80,92)/t45-,46-,51-,52-,53-,54-,55-,56-,59-,60-/m0/s1. The Morgan fingerprint density at radius 2 is 1.29 bits per heavy atom. The van der Waals surface area contributed by atoms with E-state index in [4.69, 9.17) is 11.6 Å². The lowest BCUT2D eigenvalue weighted by atomic mass is 9.84. The molecule has 4 aliphatic heterocycles. The van der Waals surface area contributed by atoms with Gasteiger partial charge in [0.2, 0.25) is 70.9 Å². The van der Waals surface area contributed by atoms with Crippen LogP contribution in [-0.4, -0.2) is 238 Å². The van der Waals surface area contributed by atoms with Crippen LogP contribution in [0.15, 0.2) is 18.2 Å². The van der Waals surface area contributed by atoms with E-state index in [0.29, 0.717) is 63.1 Å². The molecule has 2 aliphatic carbocycles. The van der Waals surface area contributed by atoms with E-state index in [9.17, 15) is 51.5 Å². The molecule has 0 unspecified atom stereocenters. The van der Waals surface area contributed by atoms with Crippen molar-refractivity contribution in [1.29, 1.82) is 0 Å². The normalized spacial score (nSPS) is 27.9. The maximum Gasteiger partial charge on any atom is 0.417 e. The van der Waals surface area contributed by atoms with Gasteiger partial charge >= 0.3 is 6.18 Å². The number of likely N-dealkylation sites (tertiary alicyclic amines) is 1. The summed E-state index contributed by atoms with van der Waals surface area (Å²) in [5.41, 5.74) is -2.36. The van der Waals surface area contributed by atoms with Gasteiger partial charge in [0.05, 0.1) is 23.6 Å². The zero-order valence-corrected chi connectivity index (χ0v) is 61.7. The number of rotatable bonds is 11. The van der Waals surface area contributed by atoms with Gasteiger partial charge < -0.3 is 60.5 Å². The molecule has 7 rings (SSSR count). The topological polar surface area (TPSA) is 279 Å². The number of halogens is 4. The smallest absolute Gasteiger partial charge is 0.343 e. The van der Waals surface area contributed by atoms with Crippen LogP contribution in [0, 0.1) is 29.6 Å². The van der Waals surface area contributed by atoms with E-state index in [0.717, 1.165) is 49.1 Å². The highest BCUT2D eigenvalue weighted by molar-refractivity contribution is 6.31. The fraction of sp³-hybridized carbons (Fsp3) is 0.750. The molecule has 4 saturated heterocycles. The van der Waals surface area contributed by atoms with E-state index >= 15 is 19.2 Å². The molecule has 10 atom stereocenters. The lowest BCUT2D eigenvalue weighted by molar-refractivity contribution is -0.160. The zero-order valence-electron chi connectivity index (χ0n) is 61.0. The fourth-order valence-corrected chi connectivity index (χ4v) is 15.7. The summed E-state index contributed by atoms with van der Waals surface area (Å²) in [6.07, 6.45) is 2.81. The molecule has 1 spiro atoms. The minimum atomic E-state index is -4.76. The van der Waals surface area contributed by atoms with Crippen molar-refractivity contribution in [3.05, 3.63) is 34.3 Å². The van der Waals surface area contributed by atoms with Gasteiger partial charge in [-0.3, -0.25) is 57.5 Å². The average Bonchev–Trinajstić information content (AvgIpc) is 1.55. The summed E-state index contributed by atoms with van der Waals surface area (Å²) in [6.45, 7) is 14.6. The van der Waals surface area contributed by atoms with Crippen LogP contribution in [0.2, 0.25) is 5.02 Å². The van der Waals surface area contributed by atoms with Gasteiger partial charge in [-0.25, -0.2) is 0 Å². The number of carbonyl (C=O) groups is 12. The summed E-state index contributed by atoms with van der Waals surface area (Å²) in [7, 11) is 7.16. The fourth-order valence-electron chi connectivity index (χ4n) is 15.4. The molecule has 0 radical (unpaired) electrons. The van der Waals surface area contributed by atoms with Crippen LogP contribution in [0.4, 0.5) is 13.2 Å². The summed E-state index contributed by atoms with van der Waals surface area (Å²) in [6, 6.07) is -7.93. The van der Waals surface area contributed by atoms with Gasteiger partial charge in [0, 0.05) is 61.4 Å². The number of hydrogen-bond donors (Lipinski definition) is 4. The first-order chi connectivity index (χ1) is 47.0. The van der Waals surface area contributed by atoms with Gasteiger partial charge in [-0.15, -0.1) is 0 Å². The highest BCUT2D eigenvalue weighted by atomic mass is 35.5. The number of likely N-dealkylation sites (N-methyl/N-ethyl adjacent to an activating group) is 5. The molecule has 0 bridgehead atoms. The predicted octanol–water partition coefficient (Wildman–Crippen LogP) is 5.93. The molecular weight excluding hydrogens is 1320 g/mol. The maximum absolute atomic E-state index is 15.4. The van der Waals surface area contributed by atoms with Gasteiger partial charge in [-0.05, 0) is 125 Å². The van der Waals surface area contributed by atoms with Crippen molar-refractivity contribution in [3.8, 4) is 0 Å². The number of alkyl halides is 3.